The molecular weight excluding hydrogens is 110 g/mol. The Morgan fingerprint density at radius 3 is 2.38 bits per heavy atom. The number of nitroso groups, excluding NO2 is 1. The van der Waals surface area contributed by atoms with Gasteiger partial charge in [-0.1, -0.05) is 0 Å². The molecule has 0 aromatic heterocycles. The van der Waals surface area contributed by atoms with E-state index in [-0.39, 0.29) is 0 Å². The van der Waals surface area contributed by atoms with Gasteiger partial charge in [-0.25, -0.2) is 0 Å². The van der Waals surface area contributed by atoms with Crippen LogP contribution in [-0.2, 0) is 9.53 Å². The van der Waals surface area contributed by atoms with Crippen LogP contribution in [0.4, 0.5) is 0 Å². The van der Waals surface area contributed by atoms with E-state index in [1.807, 2.05) is 0 Å². The maximum Gasteiger partial charge on any atom is 0.304 e. The molecule has 8 heavy (non-hydrogen) atoms. The number of esters is 1. The highest BCUT2D eigenvalue weighted by Crippen LogP contribution is 1.89. The topological polar surface area (TPSA) is 55.7 Å². The van der Waals surface area contributed by atoms with Gasteiger partial charge in [-0.3, -0.25) is 4.79 Å². The Morgan fingerprint density at radius 2 is 2.25 bits per heavy atom. The van der Waals surface area contributed by atoms with Crippen LogP contribution in [0.3, 0.4) is 0 Å². The molecule has 0 heterocycles. The van der Waals surface area contributed by atoms with Crippen LogP contribution in [0.15, 0.2) is 5.18 Å². The minimum Gasteiger partial charge on any atom is -0.437 e. The van der Waals surface area contributed by atoms with Crippen LogP contribution < -0.4 is 0 Å². The Morgan fingerprint density at radius 1 is 1.75 bits per heavy atom. The lowest BCUT2D eigenvalue weighted by molar-refractivity contribution is -0.145. The summed E-state index contributed by atoms with van der Waals surface area (Å²) in [5.41, 5.74) is 0. The smallest absolute Gasteiger partial charge is 0.304 e. The molecule has 0 aromatic rings. The van der Waals surface area contributed by atoms with Crippen molar-refractivity contribution in [1.29, 1.82) is 0 Å². The third kappa shape index (κ3) is 3.27. The van der Waals surface area contributed by atoms with Gasteiger partial charge in [0, 0.05) is 6.92 Å². The molecule has 0 saturated carbocycles. The fraction of sp³-hybridized carbons (Fsp3) is 0.750. The number of nitrogens with zero attached hydrogens (tertiary/aromatic N) is 1. The second kappa shape index (κ2) is 3.12. The maximum absolute atomic E-state index is 9.99. The first-order valence-electron chi connectivity index (χ1n) is 2.16. The predicted octanol–water partition coefficient (Wildman–Crippen LogP) is 0.662. The van der Waals surface area contributed by atoms with Gasteiger partial charge in [-0.2, -0.15) is 0 Å². The number of rotatable bonds is 2. The monoisotopic (exact) mass is 117 g/mol. The normalized spacial score (nSPS) is 12.2. The summed E-state index contributed by atoms with van der Waals surface area (Å²) in [7, 11) is 0. The van der Waals surface area contributed by atoms with Gasteiger partial charge in [0.25, 0.3) is 0 Å². The number of ether oxygens (including phenoxy) is 1. The molecule has 0 spiro atoms. The van der Waals surface area contributed by atoms with Crippen molar-refractivity contribution >= 4 is 5.97 Å². The van der Waals surface area contributed by atoms with Crippen molar-refractivity contribution in [2.24, 2.45) is 5.18 Å². The second-order valence-electron chi connectivity index (χ2n) is 1.31. The van der Waals surface area contributed by atoms with Gasteiger partial charge in [-0.05, 0) is 12.1 Å². The largest absolute Gasteiger partial charge is 0.437 e. The fourth-order valence-corrected chi connectivity index (χ4v) is 0.262. The van der Waals surface area contributed by atoms with Gasteiger partial charge in [0.2, 0.25) is 6.23 Å². The molecule has 46 valence electrons. The summed E-state index contributed by atoms with van der Waals surface area (Å²) in [5, 5.41) is 2.44. The summed E-state index contributed by atoms with van der Waals surface area (Å²) in [6, 6.07) is 0. The maximum atomic E-state index is 9.99. The summed E-state index contributed by atoms with van der Waals surface area (Å²) in [5.74, 6) is -0.489. The van der Waals surface area contributed by atoms with Crippen molar-refractivity contribution in [1.82, 2.24) is 0 Å². The number of carbonyl (C=O) groups excluding carboxylic acids is 1. The zero-order valence-corrected chi connectivity index (χ0v) is 4.75. The summed E-state index contributed by atoms with van der Waals surface area (Å²) >= 11 is 0. The van der Waals surface area contributed by atoms with E-state index in [1.165, 1.54) is 13.8 Å². The average molecular weight is 117 g/mol. The molecule has 0 aromatic carbocycles. The van der Waals surface area contributed by atoms with E-state index in [1.54, 1.807) is 0 Å². The predicted molar refractivity (Wildman–Crippen MR) is 27.0 cm³/mol. The Hall–Kier alpha value is -0.930. The minimum atomic E-state index is -0.854. The van der Waals surface area contributed by atoms with Crippen molar-refractivity contribution in [2.75, 3.05) is 0 Å². The van der Waals surface area contributed by atoms with Gasteiger partial charge < -0.3 is 4.74 Å². The van der Waals surface area contributed by atoms with Crippen molar-refractivity contribution in [2.45, 2.75) is 20.1 Å². The van der Waals surface area contributed by atoms with Crippen molar-refractivity contribution in [3.8, 4) is 0 Å². The molecule has 1 unspecified atom stereocenters. The molecule has 0 aliphatic heterocycles. The third-order valence-corrected chi connectivity index (χ3v) is 0.485. The van der Waals surface area contributed by atoms with E-state index < -0.39 is 12.2 Å². The number of carbonyl (C=O) groups is 1. The van der Waals surface area contributed by atoms with Crippen molar-refractivity contribution in [3.05, 3.63) is 4.91 Å². The zero-order chi connectivity index (χ0) is 6.57. The van der Waals surface area contributed by atoms with Gasteiger partial charge >= 0.3 is 5.97 Å². The highest BCUT2D eigenvalue weighted by molar-refractivity contribution is 5.66. The molecular formula is C4H7NO3. The SMILES string of the molecule is CC(=O)OC(C)N=O. The van der Waals surface area contributed by atoms with Crippen LogP contribution in [0.25, 0.3) is 0 Å². The van der Waals surface area contributed by atoms with Crippen LogP contribution >= 0.6 is 0 Å². The van der Waals surface area contributed by atoms with Crippen molar-refractivity contribution < 1.29 is 9.53 Å². The Balaban J connectivity index is 3.38. The van der Waals surface area contributed by atoms with Gasteiger partial charge in [-0.15, -0.1) is 4.91 Å². The van der Waals surface area contributed by atoms with Gasteiger partial charge in [0.15, 0.2) is 0 Å². The molecule has 0 aliphatic rings. The molecule has 0 rings (SSSR count). The number of hydrogen-bond acceptors (Lipinski definition) is 4. The second-order valence-corrected chi connectivity index (χ2v) is 1.31. The van der Waals surface area contributed by atoms with Crippen LogP contribution in [0.1, 0.15) is 13.8 Å². The fourth-order valence-electron chi connectivity index (χ4n) is 0.262. The molecule has 0 N–H and O–H groups in total. The Labute approximate surface area is 46.8 Å². The van der Waals surface area contributed by atoms with Crippen LogP contribution in [0.2, 0.25) is 0 Å². The third-order valence-electron chi connectivity index (χ3n) is 0.485. The van der Waals surface area contributed by atoms with E-state index in [4.69, 9.17) is 0 Å². The molecule has 0 aliphatic carbocycles. The summed E-state index contributed by atoms with van der Waals surface area (Å²) in [6.45, 7) is 2.62. The average Bonchev–Trinajstić information content (AvgIpc) is 1.65. The molecule has 4 nitrogen and oxygen atoms in total. The lowest BCUT2D eigenvalue weighted by Gasteiger charge is -1.99. The lowest BCUT2D eigenvalue weighted by Crippen LogP contribution is -2.07. The molecule has 0 radical (unpaired) electrons. The molecule has 0 bridgehead atoms. The van der Waals surface area contributed by atoms with Crippen molar-refractivity contribution in [3.63, 3.8) is 0 Å². The summed E-state index contributed by atoms with van der Waals surface area (Å²) in [4.78, 5) is 19.5. The molecule has 0 amide bonds. The van der Waals surface area contributed by atoms with E-state index in [9.17, 15) is 9.70 Å². The quantitative estimate of drug-likeness (QED) is 0.394. The van der Waals surface area contributed by atoms with Crippen LogP contribution in [0.5, 0.6) is 0 Å². The minimum absolute atomic E-state index is 0.489. The van der Waals surface area contributed by atoms with E-state index >= 15 is 0 Å². The molecule has 4 heteroatoms. The highest BCUT2D eigenvalue weighted by Gasteiger charge is 2.00. The standard InChI is InChI=1S/C4H7NO3/c1-3(5-7)8-4(2)6/h3H,1-2H3. The van der Waals surface area contributed by atoms with E-state index in [0.29, 0.717) is 0 Å². The highest BCUT2D eigenvalue weighted by atomic mass is 16.6. The summed E-state index contributed by atoms with van der Waals surface area (Å²) in [6.07, 6.45) is -0.854. The number of hydrogen-bond donors (Lipinski definition) is 0. The molecule has 1 atom stereocenters. The first kappa shape index (κ1) is 7.07. The van der Waals surface area contributed by atoms with E-state index in [2.05, 4.69) is 9.91 Å². The zero-order valence-electron chi connectivity index (χ0n) is 4.75. The van der Waals surface area contributed by atoms with Crippen LogP contribution in [0, 0.1) is 4.91 Å². The molecule has 0 saturated heterocycles. The van der Waals surface area contributed by atoms with Crippen LogP contribution in [-0.4, -0.2) is 12.2 Å². The Bertz CT molecular complexity index is 101. The first-order chi connectivity index (χ1) is 3.66. The summed E-state index contributed by atoms with van der Waals surface area (Å²) < 4.78 is 4.28. The first-order valence-corrected chi connectivity index (χ1v) is 2.16. The molecule has 0 fully saturated rings. The van der Waals surface area contributed by atoms with E-state index in [0.717, 1.165) is 0 Å². The lowest BCUT2D eigenvalue weighted by atomic mass is 10.7. The Kier molecular flexibility index (Phi) is 2.76. The van der Waals surface area contributed by atoms with Gasteiger partial charge in [0.05, 0.1) is 0 Å². The van der Waals surface area contributed by atoms with Gasteiger partial charge in [0.1, 0.15) is 0 Å².